The second kappa shape index (κ2) is 9.86. The molecule has 12 heteroatoms. The Morgan fingerprint density at radius 1 is 0.938 bits per heavy atom. The van der Waals surface area contributed by atoms with Gasteiger partial charge < -0.3 is 4.74 Å². The van der Waals surface area contributed by atoms with Crippen LogP contribution in [0.15, 0.2) is 65.8 Å². The van der Waals surface area contributed by atoms with Gasteiger partial charge in [-0.05, 0) is 54.1 Å². The number of ether oxygens (including phenoxy) is 1. The van der Waals surface area contributed by atoms with E-state index >= 15 is 0 Å². The largest absolute Gasteiger partial charge is 0.450 e. The molecule has 0 heterocycles. The molecule has 10 nitrogen and oxygen atoms in total. The molecule has 0 fully saturated rings. The van der Waals surface area contributed by atoms with Crippen molar-refractivity contribution in [3.05, 3.63) is 102 Å². The average molecular weight is 475 g/mol. The molecule has 1 N–H and O–H groups in total. The van der Waals surface area contributed by atoms with Gasteiger partial charge in [0, 0.05) is 11.6 Å². The number of nitro groups is 2. The molecule has 0 radical (unpaired) electrons. The minimum Gasteiger partial charge on any atom is -0.450 e. The highest BCUT2D eigenvalue weighted by molar-refractivity contribution is 6.42. The van der Waals surface area contributed by atoms with Crippen LogP contribution in [0.5, 0.6) is 11.5 Å². The Kier molecular flexibility index (Phi) is 6.98. The van der Waals surface area contributed by atoms with Gasteiger partial charge >= 0.3 is 5.69 Å². The zero-order chi connectivity index (χ0) is 23.3. The Labute approximate surface area is 190 Å². The van der Waals surface area contributed by atoms with E-state index in [0.717, 1.165) is 18.2 Å². The van der Waals surface area contributed by atoms with Gasteiger partial charge in [0.05, 0.1) is 32.2 Å². The molecule has 0 aromatic heterocycles. The molecule has 3 rings (SSSR count). The van der Waals surface area contributed by atoms with E-state index in [9.17, 15) is 25.0 Å². The molecule has 0 bridgehead atoms. The first kappa shape index (κ1) is 22.7. The van der Waals surface area contributed by atoms with E-state index < -0.39 is 27.1 Å². The van der Waals surface area contributed by atoms with E-state index in [0.29, 0.717) is 10.6 Å². The van der Waals surface area contributed by atoms with Gasteiger partial charge in [0.25, 0.3) is 11.6 Å². The maximum Gasteiger partial charge on any atom is 0.318 e. The van der Waals surface area contributed by atoms with E-state index in [1.165, 1.54) is 36.5 Å². The molecule has 0 saturated heterocycles. The smallest absolute Gasteiger partial charge is 0.318 e. The summed E-state index contributed by atoms with van der Waals surface area (Å²) in [6.07, 6.45) is 1.38. The fourth-order valence-corrected chi connectivity index (χ4v) is 2.76. The molecule has 3 aromatic rings. The highest BCUT2D eigenvalue weighted by Gasteiger charge is 2.21. The number of hydrazone groups is 1. The number of nitrogens with one attached hydrogen (secondary N) is 1. The maximum absolute atomic E-state index is 12.1. The highest BCUT2D eigenvalue weighted by Crippen LogP contribution is 2.34. The van der Waals surface area contributed by atoms with E-state index in [1.54, 1.807) is 12.1 Å². The van der Waals surface area contributed by atoms with Gasteiger partial charge in [-0.3, -0.25) is 25.0 Å². The summed E-state index contributed by atoms with van der Waals surface area (Å²) >= 11 is 11.7. The summed E-state index contributed by atoms with van der Waals surface area (Å²) in [5.74, 6) is -0.361. The number of benzene rings is 3. The fraction of sp³-hybridized carbons (Fsp3) is 0. The van der Waals surface area contributed by atoms with Crippen molar-refractivity contribution in [2.45, 2.75) is 0 Å². The van der Waals surface area contributed by atoms with Crippen LogP contribution in [0.4, 0.5) is 11.4 Å². The van der Waals surface area contributed by atoms with Crippen LogP contribution in [0, 0.1) is 20.2 Å². The van der Waals surface area contributed by atoms with Crippen LogP contribution in [-0.4, -0.2) is 22.0 Å². The predicted molar refractivity (Wildman–Crippen MR) is 118 cm³/mol. The van der Waals surface area contributed by atoms with Gasteiger partial charge in [-0.15, -0.1) is 0 Å². The summed E-state index contributed by atoms with van der Waals surface area (Å²) in [4.78, 5) is 32.6. The lowest BCUT2D eigenvalue weighted by atomic mass is 10.2. The van der Waals surface area contributed by atoms with Crippen LogP contribution >= 0.6 is 23.2 Å². The Morgan fingerprint density at radius 3 is 2.28 bits per heavy atom. The number of halogens is 2. The van der Waals surface area contributed by atoms with E-state index in [2.05, 4.69) is 10.5 Å². The third-order valence-electron chi connectivity index (χ3n) is 4.02. The van der Waals surface area contributed by atoms with Crippen LogP contribution in [0.2, 0.25) is 10.0 Å². The lowest BCUT2D eigenvalue weighted by Crippen LogP contribution is -2.17. The van der Waals surface area contributed by atoms with Gasteiger partial charge in [-0.1, -0.05) is 23.2 Å². The second-order valence-electron chi connectivity index (χ2n) is 6.17. The molecule has 0 saturated carbocycles. The molecule has 1 amide bonds. The van der Waals surface area contributed by atoms with E-state index in [-0.39, 0.29) is 22.1 Å². The van der Waals surface area contributed by atoms with Gasteiger partial charge in [0.15, 0.2) is 0 Å². The molecule has 0 spiro atoms. The Hall–Kier alpha value is -4.02. The summed E-state index contributed by atoms with van der Waals surface area (Å²) in [5.41, 5.74) is 2.28. The van der Waals surface area contributed by atoms with Crippen molar-refractivity contribution in [3.63, 3.8) is 0 Å². The number of rotatable bonds is 7. The maximum atomic E-state index is 12.1. The quantitative estimate of drug-likeness (QED) is 0.277. The first-order chi connectivity index (χ1) is 15.2. The molecule has 0 aliphatic heterocycles. The first-order valence-electron chi connectivity index (χ1n) is 8.74. The van der Waals surface area contributed by atoms with Crippen LogP contribution in [-0.2, 0) is 0 Å². The standard InChI is InChI=1S/C20H12Cl2N4O6/c21-16-7-3-13(9-17(16)22)20(27)24-23-11-12-1-5-15(6-2-12)32-19-8-4-14(25(28)29)10-18(19)26(30)31/h1-11H,(H,24,27). The van der Waals surface area contributed by atoms with Crippen LogP contribution in [0.3, 0.4) is 0 Å². The lowest BCUT2D eigenvalue weighted by molar-refractivity contribution is -0.394. The van der Waals surface area contributed by atoms with Gasteiger partial charge in [-0.25, -0.2) is 5.43 Å². The van der Waals surface area contributed by atoms with E-state index in [1.807, 2.05) is 0 Å². The number of nitrogens with zero attached hydrogens (tertiary/aromatic N) is 3. The zero-order valence-corrected chi connectivity index (χ0v) is 17.4. The number of amides is 1. The average Bonchev–Trinajstić information content (AvgIpc) is 2.76. The van der Waals surface area contributed by atoms with Crippen LogP contribution in [0.1, 0.15) is 15.9 Å². The topological polar surface area (TPSA) is 137 Å². The number of hydrogen-bond acceptors (Lipinski definition) is 7. The predicted octanol–water partition coefficient (Wildman–Crippen LogP) is 5.37. The monoisotopic (exact) mass is 474 g/mol. The highest BCUT2D eigenvalue weighted by atomic mass is 35.5. The third kappa shape index (κ3) is 5.56. The molecule has 32 heavy (non-hydrogen) atoms. The molecule has 0 atom stereocenters. The zero-order valence-electron chi connectivity index (χ0n) is 15.9. The fourth-order valence-electron chi connectivity index (χ4n) is 2.46. The minimum absolute atomic E-state index is 0.143. The normalized spacial score (nSPS) is 10.7. The van der Waals surface area contributed by atoms with Gasteiger partial charge in [0.1, 0.15) is 5.75 Å². The number of carbonyl (C=O) groups excluding carboxylic acids is 1. The molecule has 0 unspecified atom stereocenters. The first-order valence-corrected chi connectivity index (χ1v) is 9.49. The SMILES string of the molecule is O=C(NN=Cc1ccc(Oc2ccc([N+](=O)[O-])cc2[N+](=O)[O-])cc1)c1ccc(Cl)c(Cl)c1. The summed E-state index contributed by atoms with van der Waals surface area (Å²) in [6, 6.07) is 13.7. The van der Waals surface area contributed by atoms with Crippen molar-refractivity contribution in [1.29, 1.82) is 0 Å². The Bertz CT molecular complexity index is 1230. The summed E-state index contributed by atoms with van der Waals surface area (Å²) in [6.45, 7) is 0. The molecule has 0 aliphatic carbocycles. The van der Waals surface area contributed by atoms with Crippen LogP contribution < -0.4 is 10.2 Å². The molecule has 3 aromatic carbocycles. The molecule has 0 aliphatic rings. The van der Waals surface area contributed by atoms with Crippen LogP contribution in [0.25, 0.3) is 0 Å². The molecular formula is C20H12Cl2N4O6. The van der Waals surface area contributed by atoms with Crippen molar-refractivity contribution < 1.29 is 19.4 Å². The minimum atomic E-state index is -0.764. The Morgan fingerprint density at radius 2 is 1.66 bits per heavy atom. The lowest BCUT2D eigenvalue weighted by Gasteiger charge is -2.06. The second-order valence-corrected chi connectivity index (χ2v) is 6.98. The molecule has 162 valence electrons. The summed E-state index contributed by atoms with van der Waals surface area (Å²) in [7, 11) is 0. The van der Waals surface area contributed by atoms with Gasteiger partial charge in [-0.2, -0.15) is 5.10 Å². The Balaban J connectivity index is 1.66. The van der Waals surface area contributed by atoms with Crippen molar-refractivity contribution in [1.82, 2.24) is 5.43 Å². The van der Waals surface area contributed by atoms with Crippen molar-refractivity contribution >= 4 is 46.7 Å². The summed E-state index contributed by atoms with van der Waals surface area (Å²) < 4.78 is 5.48. The number of non-ortho nitro benzene ring substituents is 1. The third-order valence-corrected chi connectivity index (χ3v) is 4.76. The number of hydrogen-bond donors (Lipinski definition) is 1. The van der Waals surface area contributed by atoms with Crippen molar-refractivity contribution in [3.8, 4) is 11.5 Å². The van der Waals surface area contributed by atoms with Gasteiger partial charge in [0.2, 0.25) is 5.75 Å². The van der Waals surface area contributed by atoms with Crippen molar-refractivity contribution in [2.24, 2.45) is 5.10 Å². The number of nitro benzene ring substituents is 2. The molecular weight excluding hydrogens is 463 g/mol. The van der Waals surface area contributed by atoms with Crippen molar-refractivity contribution in [2.75, 3.05) is 0 Å². The van der Waals surface area contributed by atoms with E-state index in [4.69, 9.17) is 27.9 Å². The summed E-state index contributed by atoms with van der Waals surface area (Å²) in [5, 5.41) is 26.4. The number of carbonyl (C=O) groups is 1.